The number of benzene rings is 1. The van der Waals surface area contributed by atoms with Crippen molar-refractivity contribution in [1.82, 2.24) is 14.7 Å². The van der Waals surface area contributed by atoms with E-state index in [9.17, 15) is 13.7 Å². The second-order valence-corrected chi connectivity index (χ2v) is 7.13. The van der Waals surface area contributed by atoms with Crippen LogP contribution < -0.4 is 10.5 Å². The van der Waals surface area contributed by atoms with Crippen LogP contribution in [0.4, 0.5) is 5.82 Å². The van der Waals surface area contributed by atoms with Crippen LogP contribution in [0.5, 0.6) is 0 Å². The van der Waals surface area contributed by atoms with Crippen LogP contribution in [0, 0.1) is 11.3 Å². The van der Waals surface area contributed by atoms with Gasteiger partial charge >= 0.3 is 0 Å². The molecule has 0 amide bonds. The number of nitrogens with two attached hydrogens (primary N) is 1. The number of anilines is 1. The van der Waals surface area contributed by atoms with Gasteiger partial charge in [0, 0.05) is 11.8 Å². The summed E-state index contributed by atoms with van der Waals surface area (Å²) in [4.78, 5) is 7.45. The maximum absolute atomic E-state index is 11.8. The molecule has 0 spiro atoms. The summed E-state index contributed by atoms with van der Waals surface area (Å²) >= 11 is 0. The molecular formula is C17H15N5O2S. The van der Waals surface area contributed by atoms with Crippen LogP contribution in [-0.4, -0.2) is 25.4 Å². The van der Waals surface area contributed by atoms with Gasteiger partial charge < -0.3 is 10.7 Å². The molecule has 0 fully saturated rings. The van der Waals surface area contributed by atoms with Gasteiger partial charge in [0.05, 0.1) is 16.3 Å². The van der Waals surface area contributed by atoms with Gasteiger partial charge in [-0.25, -0.2) is 18.1 Å². The highest BCUT2D eigenvalue weighted by molar-refractivity contribution is 7.89. The molecule has 0 aliphatic carbocycles. The number of aromatic amines is 1. The fourth-order valence-corrected chi connectivity index (χ4v) is 3.20. The van der Waals surface area contributed by atoms with Crippen molar-refractivity contribution in [2.75, 3.05) is 12.8 Å². The summed E-state index contributed by atoms with van der Waals surface area (Å²) in [6.07, 6.45) is 1.77. The lowest BCUT2D eigenvalue weighted by atomic mass is 10.00. The Kier molecular flexibility index (Phi) is 4.27. The molecule has 0 bridgehead atoms. The van der Waals surface area contributed by atoms with Crippen molar-refractivity contribution < 1.29 is 8.42 Å². The second-order valence-electron chi connectivity index (χ2n) is 5.24. The van der Waals surface area contributed by atoms with Gasteiger partial charge in [0.25, 0.3) is 0 Å². The van der Waals surface area contributed by atoms with E-state index >= 15 is 0 Å². The van der Waals surface area contributed by atoms with E-state index in [1.54, 1.807) is 24.4 Å². The van der Waals surface area contributed by atoms with Crippen molar-refractivity contribution in [3.8, 4) is 28.6 Å². The van der Waals surface area contributed by atoms with Crippen molar-refractivity contribution in [2.24, 2.45) is 0 Å². The molecule has 0 aliphatic rings. The molecule has 126 valence electrons. The normalized spacial score (nSPS) is 11.2. The number of nitrogen functional groups attached to an aromatic ring is 1. The van der Waals surface area contributed by atoms with Gasteiger partial charge in [-0.15, -0.1) is 0 Å². The second kappa shape index (κ2) is 6.39. The predicted molar refractivity (Wildman–Crippen MR) is 94.8 cm³/mol. The lowest BCUT2D eigenvalue weighted by molar-refractivity contribution is 0.588. The van der Waals surface area contributed by atoms with Crippen LogP contribution in [0.25, 0.3) is 22.5 Å². The zero-order valence-electron chi connectivity index (χ0n) is 13.3. The smallest absolute Gasteiger partial charge is 0.240 e. The monoisotopic (exact) mass is 353 g/mol. The minimum absolute atomic E-state index is 0.122. The van der Waals surface area contributed by atoms with Gasteiger partial charge in [0.1, 0.15) is 17.5 Å². The number of H-pyrrole nitrogens is 1. The number of aromatic nitrogens is 2. The van der Waals surface area contributed by atoms with E-state index < -0.39 is 10.0 Å². The number of pyridine rings is 1. The van der Waals surface area contributed by atoms with Crippen molar-refractivity contribution in [1.29, 1.82) is 5.26 Å². The molecule has 1 aromatic carbocycles. The maximum Gasteiger partial charge on any atom is 0.240 e. The molecule has 0 unspecified atom stereocenters. The van der Waals surface area contributed by atoms with E-state index in [2.05, 4.69) is 20.8 Å². The summed E-state index contributed by atoms with van der Waals surface area (Å²) in [5.41, 5.74) is 8.83. The molecule has 0 aliphatic heterocycles. The van der Waals surface area contributed by atoms with Crippen molar-refractivity contribution in [3.63, 3.8) is 0 Å². The summed E-state index contributed by atoms with van der Waals surface area (Å²) in [6.45, 7) is 0. The van der Waals surface area contributed by atoms with Gasteiger partial charge in [-0.05, 0) is 42.9 Å². The topological polar surface area (TPSA) is 125 Å². The highest BCUT2D eigenvalue weighted by atomic mass is 32.2. The zero-order valence-corrected chi connectivity index (χ0v) is 14.1. The molecule has 4 N–H and O–H groups in total. The Hall–Kier alpha value is -3.15. The van der Waals surface area contributed by atoms with Gasteiger partial charge in [0.15, 0.2) is 0 Å². The number of sulfonamides is 1. The minimum Gasteiger partial charge on any atom is -0.383 e. The van der Waals surface area contributed by atoms with Crippen LogP contribution >= 0.6 is 0 Å². The summed E-state index contributed by atoms with van der Waals surface area (Å²) in [7, 11) is -2.17. The third-order valence-electron chi connectivity index (χ3n) is 3.78. The summed E-state index contributed by atoms with van der Waals surface area (Å²) in [6, 6.07) is 13.7. The van der Waals surface area contributed by atoms with Crippen LogP contribution in [0.2, 0.25) is 0 Å². The first-order chi connectivity index (χ1) is 12.0. The highest BCUT2D eigenvalue weighted by Crippen LogP contribution is 2.31. The molecule has 2 heterocycles. The average molecular weight is 353 g/mol. The van der Waals surface area contributed by atoms with E-state index in [0.29, 0.717) is 16.8 Å². The zero-order chi connectivity index (χ0) is 18.0. The third-order valence-corrected chi connectivity index (χ3v) is 5.21. The first kappa shape index (κ1) is 16.7. The fourth-order valence-electron chi connectivity index (χ4n) is 2.47. The largest absolute Gasteiger partial charge is 0.383 e. The summed E-state index contributed by atoms with van der Waals surface area (Å²) in [5, 5.41) is 9.42. The van der Waals surface area contributed by atoms with E-state index in [-0.39, 0.29) is 16.3 Å². The fraction of sp³-hybridized carbons (Fsp3) is 0.0588. The highest BCUT2D eigenvalue weighted by Gasteiger charge is 2.15. The average Bonchev–Trinajstić information content (AvgIpc) is 3.16. The SMILES string of the molecule is CNS(=O)(=O)c1ccc(-c2cc(-c3ccc[nH]3)nc(N)c2C#N)cc1. The predicted octanol–water partition coefficient (Wildman–Crippen LogP) is 2.11. The summed E-state index contributed by atoms with van der Waals surface area (Å²) < 4.78 is 25.9. The molecule has 7 nitrogen and oxygen atoms in total. The first-order valence-electron chi connectivity index (χ1n) is 7.34. The molecule has 3 rings (SSSR count). The number of nitrogens with one attached hydrogen (secondary N) is 2. The lowest BCUT2D eigenvalue weighted by Crippen LogP contribution is -2.18. The molecule has 0 saturated carbocycles. The van der Waals surface area contributed by atoms with Gasteiger partial charge in [-0.3, -0.25) is 0 Å². The molecule has 0 radical (unpaired) electrons. The standard InChI is InChI=1S/C17H15N5O2S/c1-20-25(23,24)12-6-4-11(5-7-12)13-9-16(15-3-2-8-21-15)22-17(19)14(13)10-18/h2-9,20-21H,1H3,(H2,19,22). The quantitative estimate of drug-likeness (QED) is 0.662. The van der Waals surface area contributed by atoms with Crippen molar-refractivity contribution >= 4 is 15.8 Å². The van der Waals surface area contributed by atoms with Crippen LogP contribution in [0.1, 0.15) is 5.56 Å². The van der Waals surface area contributed by atoms with Gasteiger partial charge in [-0.2, -0.15) is 5.26 Å². The van der Waals surface area contributed by atoms with Crippen molar-refractivity contribution in [2.45, 2.75) is 4.90 Å². The van der Waals surface area contributed by atoms with E-state index in [0.717, 1.165) is 5.69 Å². The molecule has 2 aromatic heterocycles. The first-order valence-corrected chi connectivity index (χ1v) is 8.83. The van der Waals surface area contributed by atoms with E-state index in [4.69, 9.17) is 5.73 Å². The number of hydrogen-bond acceptors (Lipinski definition) is 5. The third kappa shape index (κ3) is 3.10. The minimum atomic E-state index is -3.52. The van der Waals surface area contributed by atoms with Gasteiger partial charge in [-0.1, -0.05) is 12.1 Å². The molecular weight excluding hydrogens is 338 g/mol. The Balaban J connectivity index is 2.15. The Morgan fingerprint density at radius 3 is 2.52 bits per heavy atom. The lowest BCUT2D eigenvalue weighted by Gasteiger charge is -2.10. The van der Waals surface area contributed by atoms with Crippen LogP contribution in [-0.2, 0) is 10.0 Å². The van der Waals surface area contributed by atoms with Crippen LogP contribution in [0.15, 0.2) is 53.6 Å². The Labute approximate surface area is 145 Å². The Morgan fingerprint density at radius 1 is 1.24 bits per heavy atom. The van der Waals surface area contributed by atoms with Crippen molar-refractivity contribution in [3.05, 3.63) is 54.2 Å². The Morgan fingerprint density at radius 2 is 1.96 bits per heavy atom. The molecule has 0 atom stereocenters. The maximum atomic E-state index is 11.8. The number of rotatable bonds is 4. The number of nitrogens with zero attached hydrogens (tertiary/aromatic N) is 2. The van der Waals surface area contributed by atoms with Gasteiger partial charge in [0.2, 0.25) is 10.0 Å². The molecule has 3 aromatic rings. The molecule has 8 heteroatoms. The molecule has 25 heavy (non-hydrogen) atoms. The van der Waals surface area contributed by atoms with E-state index in [1.807, 2.05) is 12.1 Å². The van der Waals surface area contributed by atoms with Crippen LogP contribution in [0.3, 0.4) is 0 Å². The molecule has 0 saturated heterocycles. The number of hydrogen-bond donors (Lipinski definition) is 3. The number of nitriles is 1. The summed E-state index contributed by atoms with van der Waals surface area (Å²) in [5.74, 6) is 0.122. The van der Waals surface area contributed by atoms with E-state index in [1.165, 1.54) is 19.2 Å². The Bertz CT molecular complexity index is 1050.